The zero-order valence-electron chi connectivity index (χ0n) is 8.25. The van der Waals surface area contributed by atoms with Gasteiger partial charge in [0.2, 0.25) is 5.91 Å². The van der Waals surface area contributed by atoms with Crippen molar-refractivity contribution in [2.75, 3.05) is 11.9 Å². The van der Waals surface area contributed by atoms with Gasteiger partial charge in [0.1, 0.15) is 0 Å². The fourth-order valence-corrected chi connectivity index (χ4v) is 2.33. The third kappa shape index (κ3) is 1.27. The van der Waals surface area contributed by atoms with Crippen LogP contribution in [0, 0.1) is 0 Å². The molecule has 74 valence electrons. The lowest BCUT2D eigenvalue weighted by atomic mass is 9.98. The van der Waals surface area contributed by atoms with E-state index in [4.69, 9.17) is 0 Å². The molecule has 1 aliphatic rings. The van der Waals surface area contributed by atoms with Gasteiger partial charge >= 0.3 is 0 Å². The van der Waals surface area contributed by atoms with Crippen LogP contribution in [0.1, 0.15) is 24.8 Å². The van der Waals surface area contributed by atoms with Gasteiger partial charge in [-0.25, -0.2) is 0 Å². The van der Waals surface area contributed by atoms with Gasteiger partial charge in [-0.15, -0.1) is 0 Å². The van der Waals surface area contributed by atoms with Gasteiger partial charge in [0.05, 0.1) is 5.92 Å². The van der Waals surface area contributed by atoms with Crippen LogP contribution in [-0.4, -0.2) is 13.0 Å². The molecule has 1 heterocycles. The Hall–Kier alpha value is -0.830. The van der Waals surface area contributed by atoms with Crippen LogP contribution in [0.15, 0.2) is 22.7 Å². The van der Waals surface area contributed by atoms with E-state index in [1.807, 2.05) is 32.2 Å². The Bertz CT molecular complexity index is 389. The third-order valence-electron chi connectivity index (χ3n) is 2.77. The lowest BCUT2D eigenvalue weighted by Crippen LogP contribution is -2.23. The molecule has 1 atom stereocenters. The van der Waals surface area contributed by atoms with E-state index in [1.54, 1.807) is 4.90 Å². The van der Waals surface area contributed by atoms with Crippen molar-refractivity contribution in [2.45, 2.75) is 19.3 Å². The molecule has 0 fully saturated rings. The van der Waals surface area contributed by atoms with Crippen molar-refractivity contribution >= 4 is 27.5 Å². The number of carbonyl (C=O) groups excluding carboxylic acids is 1. The summed E-state index contributed by atoms with van der Waals surface area (Å²) in [5, 5.41) is 0. The van der Waals surface area contributed by atoms with Crippen LogP contribution in [0.25, 0.3) is 0 Å². The molecule has 1 aliphatic heterocycles. The molecule has 0 spiro atoms. The van der Waals surface area contributed by atoms with Crippen molar-refractivity contribution in [3.05, 3.63) is 28.2 Å². The van der Waals surface area contributed by atoms with E-state index >= 15 is 0 Å². The highest BCUT2D eigenvalue weighted by molar-refractivity contribution is 9.10. The average molecular weight is 254 g/mol. The van der Waals surface area contributed by atoms with E-state index in [-0.39, 0.29) is 11.8 Å². The van der Waals surface area contributed by atoms with Crippen LogP contribution in [0.2, 0.25) is 0 Å². The molecular formula is C11H12BrNO. The summed E-state index contributed by atoms with van der Waals surface area (Å²) in [5.74, 6) is 0.267. The normalized spacial score (nSPS) is 20.1. The number of anilines is 1. The largest absolute Gasteiger partial charge is 0.315 e. The summed E-state index contributed by atoms with van der Waals surface area (Å²) in [7, 11) is 1.84. The fraction of sp³-hybridized carbons (Fsp3) is 0.364. The molecule has 3 heteroatoms. The Morgan fingerprint density at radius 1 is 1.50 bits per heavy atom. The van der Waals surface area contributed by atoms with Gasteiger partial charge in [-0.1, -0.05) is 28.9 Å². The predicted octanol–water partition coefficient (Wildman–Crippen LogP) is 2.92. The number of hydrogen-bond acceptors (Lipinski definition) is 1. The topological polar surface area (TPSA) is 20.3 Å². The Balaban J connectivity index is 2.55. The highest BCUT2D eigenvalue weighted by Gasteiger charge is 2.33. The second kappa shape index (κ2) is 3.39. The Morgan fingerprint density at radius 3 is 2.86 bits per heavy atom. The molecule has 0 bridgehead atoms. The van der Waals surface area contributed by atoms with E-state index in [1.165, 1.54) is 0 Å². The van der Waals surface area contributed by atoms with Gasteiger partial charge in [-0.05, 0) is 24.1 Å². The van der Waals surface area contributed by atoms with Crippen molar-refractivity contribution in [3.8, 4) is 0 Å². The molecule has 1 amide bonds. The second-order valence-electron chi connectivity index (χ2n) is 3.56. The lowest BCUT2D eigenvalue weighted by Gasteiger charge is -2.09. The first-order valence-corrected chi connectivity index (χ1v) is 5.51. The number of likely N-dealkylation sites (N-methyl/N-ethyl adjacent to an activating group) is 1. The number of nitrogens with zero attached hydrogens (tertiary/aromatic N) is 1. The summed E-state index contributed by atoms with van der Waals surface area (Å²) >= 11 is 3.42. The minimum Gasteiger partial charge on any atom is -0.315 e. The van der Waals surface area contributed by atoms with Crippen molar-refractivity contribution < 1.29 is 4.79 Å². The minimum absolute atomic E-state index is 0.0584. The average Bonchev–Trinajstić information content (AvgIpc) is 2.41. The van der Waals surface area contributed by atoms with Crippen LogP contribution in [0.5, 0.6) is 0 Å². The van der Waals surface area contributed by atoms with Gasteiger partial charge in [0.25, 0.3) is 0 Å². The highest BCUT2D eigenvalue weighted by Crippen LogP contribution is 2.39. The number of benzene rings is 1. The molecule has 0 saturated heterocycles. The molecule has 0 aliphatic carbocycles. The van der Waals surface area contributed by atoms with Crippen LogP contribution in [0.3, 0.4) is 0 Å². The summed E-state index contributed by atoms with van der Waals surface area (Å²) in [6.07, 6.45) is 0.873. The van der Waals surface area contributed by atoms with Crippen molar-refractivity contribution in [3.63, 3.8) is 0 Å². The molecule has 1 unspecified atom stereocenters. The first-order valence-electron chi connectivity index (χ1n) is 4.72. The second-order valence-corrected chi connectivity index (χ2v) is 4.48. The number of carbonyl (C=O) groups is 1. The number of rotatable bonds is 1. The number of hydrogen-bond donors (Lipinski definition) is 0. The molecule has 0 aromatic heterocycles. The van der Waals surface area contributed by atoms with E-state index in [9.17, 15) is 4.79 Å². The zero-order chi connectivity index (χ0) is 10.3. The molecule has 2 nitrogen and oxygen atoms in total. The Morgan fingerprint density at radius 2 is 2.21 bits per heavy atom. The van der Waals surface area contributed by atoms with Gasteiger partial charge in [0.15, 0.2) is 0 Å². The predicted molar refractivity (Wildman–Crippen MR) is 60.6 cm³/mol. The maximum absolute atomic E-state index is 11.8. The van der Waals surface area contributed by atoms with Crippen molar-refractivity contribution in [2.24, 2.45) is 0 Å². The minimum atomic E-state index is 0.0584. The zero-order valence-corrected chi connectivity index (χ0v) is 9.84. The molecule has 14 heavy (non-hydrogen) atoms. The molecule has 0 N–H and O–H groups in total. The Kier molecular flexibility index (Phi) is 2.35. The first kappa shape index (κ1) is 9.71. The quantitative estimate of drug-likeness (QED) is 0.754. The van der Waals surface area contributed by atoms with E-state index in [0.717, 1.165) is 22.1 Å². The molecule has 0 saturated carbocycles. The van der Waals surface area contributed by atoms with Gasteiger partial charge in [-0.2, -0.15) is 0 Å². The lowest BCUT2D eigenvalue weighted by molar-refractivity contribution is -0.119. The summed E-state index contributed by atoms with van der Waals surface area (Å²) in [6, 6.07) is 6.03. The van der Waals surface area contributed by atoms with Gasteiger partial charge in [-0.3, -0.25) is 4.79 Å². The molecule has 1 aromatic rings. The molecule has 1 aromatic carbocycles. The number of halogens is 1. The standard InChI is InChI=1S/C11H12BrNO/c1-3-8-9-5-4-7(12)6-10(9)13(2)11(8)14/h4-6,8H,3H2,1-2H3. The first-order chi connectivity index (χ1) is 6.65. The fourth-order valence-electron chi connectivity index (χ4n) is 1.98. The van der Waals surface area contributed by atoms with Gasteiger partial charge < -0.3 is 4.90 Å². The SMILES string of the molecule is CCC1C(=O)N(C)c2cc(Br)ccc21. The third-order valence-corrected chi connectivity index (χ3v) is 3.26. The smallest absolute Gasteiger partial charge is 0.234 e. The molecule has 0 radical (unpaired) electrons. The summed E-state index contributed by atoms with van der Waals surface area (Å²) in [5.41, 5.74) is 2.19. The number of fused-ring (bicyclic) bond motifs is 1. The Labute approximate surface area is 92.0 Å². The summed E-state index contributed by atoms with van der Waals surface area (Å²) in [4.78, 5) is 13.6. The number of amides is 1. The summed E-state index contributed by atoms with van der Waals surface area (Å²) in [6.45, 7) is 2.05. The van der Waals surface area contributed by atoms with E-state index in [0.29, 0.717) is 0 Å². The summed E-state index contributed by atoms with van der Waals surface area (Å²) < 4.78 is 1.02. The van der Waals surface area contributed by atoms with E-state index in [2.05, 4.69) is 15.9 Å². The monoisotopic (exact) mass is 253 g/mol. The van der Waals surface area contributed by atoms with E-state index < -0.39 is 0 Å². The van der Waals surface area contributed by atoms with Crippen LogP contribution in [0.4, 0.5) is 5.69 Å². The highest BCUT2D eigenvalue weighted by atomic mass is 79.9. The van der Waals surface area contributed by atoms with Crippen LogP contribution < -0.4 is 4.90 Å². The van der Waals surface area contributed by atoms with Crippen molar-refractivity contribution in [1.29, 1.82) is 0 Å². The van der Waals surface area contributed by atoms with Crippen LogP contribution >= 0.6 is 15.9 Å². The maximum Gasteiger partial charge on any atom is 0.234 e. The molecular weight excluding hydrogens is 242 g/mol. The van der Waals surface area contributed by atoms with Crippen molar-refractivity contribution in [1.82, 2.24) is 0 Å². The maximum atomic E-state index is 11.8. The van der Waals surface area contributed by atoms with Gasteiger partial charge in [0, 0.05) is 17.2 Å². The van der Waals surface area contributed by atoms with Crippen LogP contribution in [-0.2, 0) is 4.79 Å². The molecule has 2 rings (SSSR count).